The molecule has 4 heteroatoms. The first-order valence-electron chi connectivity index (χ1n) is 4.82. The van der Waals surface area contributed by atoms with Gasteiger partial charge in [0.05, 0.1) is 12.1 Å². The van der Waals surface area contributed by atoms with Crippen molar-refractivity contribution in [2.45, 2.75) is 25.9 Å². The SMILES string of the molecule is CC(NC(=O)[C@H](C)N)c1cccc(Cl)c1. The lowest BCUT2D eigenvalue weighted by molar-refractivity contribution is -0.122. The summed E-state index contributed by atoms with van der Waals surface area (Å²) < 4.78 is 0. The summed E-state index contributed by atoms with van der Waals surface area (Å²) in [7, 11) is 0. The van der Waals surface area contributed by atoms with Gasteiger partial charge in [0.25, 0.3) is 0 Å². The van der Waals surface area contributed by atoms with Crippen molar-refractivity contribution in [3.63, 3.8) is 0 Å². The molecular weight excluding hydrogens is 212 g/mol. The van der Waals surface area contributed by atoms with Crippen molar-refractivity contribution in [1.82, 2.24) is 5.32 Å². The van der Waals surface area contributed by atoms with E-state index in [1.807, 2.05) is 25.1 Å². The third-order valence-corrected chi connectivity index (χ3v) is 2.36. The number of benzene rings is 1. The second-order valence-corrected chi connectivity index (χ2v) is 4.01. The minimum Gasteiger partial charge on any atom is -0.348 e. The summed E-state index contributed by atoms with van der Waals surface area (Å²) in [6.45, 7) is 3.55. The van der Waals surface area contributed by atoms with Gasteiger partial charge in [0.2, 0.25) is 5.91 Å². The van der Waals surface area contributed by atoms with Crippen molar-refractivity contribution in [2.75, 3.05) is 0 Å². The number of hydrogen-bond acceptors (Lipinski definition) is 2. The van der Waals surface area contributed by atoms with E-state index in [0.717, 1.165) is 5.56 Å². The molecule has 0 heterocycles. The van der Waals surface area contributed by atoms with Crippen LogP contribution in [0.5, 0.6) is 0 Å². The van der Waals surface area contributed by atoms with Crippen LogP contribution in [-0.4, -0.2) is 11.9 Å². The van der Waals surface area contributed by atoms with Crippen LogP contribution in [0, 0.1) is 0 Å². The van der Waals surface area contributed by atoms with Gasteiger partial charge in [-0.15, -0.1) is 0 Å². The molecule has 0 radical (unpaired) electrons. The van der Waals surface area contributed by atoms with Crippen LogP contribution in [0.1, 0.15) is 25.5 Å². The standard InChI is InChI=1S/C11H15ClN2O/c1-7(13)11(15)14-8(2)9-4-3-5-10(12)6-9/h3-8H,13H2,1-2H3,(H,14,15)/t7-,8?/m0/s1. The molecule has 0 aliphatic rings. The van der Waals surface area contributed by atoms with Crippen molar-refractivity contribution in [1.29, 1.82) is 0 Å². The highest BCUT2D eigenvalue weighted by atomic mass is 35.5. The Morgan fingerprint density at radius 3 is 2.67 bits per heavy atom. The van der Waals surface area contributed by atoms with E-state index in [9.17, 15) is 4.79 Å². The first kappa shape index (κ1) is 12.0. The highest BCUT2D eigenvalue weighted by Crippen LogP contribution is 2.17. The molecule has 1 aromatic carbocycles. The maximum atomic E-state index is 11.3. The molecule has 0 spiro atoms. The van der Waals surface area contributed by atoms with Crippen LogP contribution in [-0.2, 0) is 4.79 Å². The van der Waals surface area contributed by atoms with Crippen LogP contribution in [0.3, 0.4) is 0 Å². The van der Waals surface area contributed by atoms with Gasteiger partial charge in [0, 0.05) is 5.02 Å². The Balaban J connectivity index is 2.69. The van der Waals surface area contributed by atoms with Crippen LogP contribution in [0.15, 0.2) is 24.3 Å². The first-order valence-corrected chi connectivity index (χ1v) is 5.20. The molecule has 1 aromatic rings. The molecule has 0 saturated carbocycles. The second kappa shape index (κ2) is 5.14. The van der Waals surface area contributed by atoms with Gasteiger partial charge in [0.15, 0.2) is 0 Å². The van der Waals surface area contributed by atoms with Gasteiger partial charge < -0.3 is 11.1 Å². The Labute approximate surface area is 94.6 Å². The van der Waals surface area contributed by atoms with Crippen LogP contribution >= 0.6 is 11.6 Å². The lowest BCUT2D eigenvalue weighted by Gasteiger charge is -2.16. The number of carbonyl (C=O) groups is 1. The molecule has 1 rings (SSSR count). The predicted octanol–water partition coefficient (Wildman–Crippen LogP) is 1.86. The van der Waals surface area contributed by atoms with Gasteiger partial charge in [-0.1, -0.05) is 23.7 Å². The molecular formula is C11H15ClN2O. The molecule has 2 atom stereocenters. The third kappa shape index (κ3) is 3.53. The van der Waals surface area contributed by atoms with Crippen LogP contribution in [0.2, 0.25) is 5.02 Å². The maximum Gasteiger partial charge on any atom is 0.237 e. The fraction of sp³-hybridized carbons (Fsp3) is 0.364. The topological polar surface area (TPSA) is 55.1 Å². The summed E-state index contributed by atoms with van der Waals surface area (Å²) in [6, 6.07) is 6.82. The number of halogens is 1. The minimum atomic E-state index is -0.494. The molecule has 1 unspecified atom stereocenters. The summed E-state index contributed by atoms with van der Waals surface area (Å²) in [4.78, 5) is 11.3. The molecule has 0 aliphatic heterocycles. The maximum absolute atomic E-state index is 11.3. The molecule has 15 heavy (non-hydrogen) atoms. The molecule has 1 amide bonds. The van der Waals surface area contributed by atoms with E-state index in [-0.39, 0.29) is 11.9 Å². The number of carbonyl (C=O) groups excluding carboxylic acids is 1. The summed E-state index contributed by atoms with van der Waals surface area (Å²) >= 11 is 5.85. The predicted molar refractivity (Wildman–Crippen MR) is 61.7 cm³/mol. The van der Waals surface area contributed by atoms with Gasteiger partial charge in [-0.3, -0.25) is 4.79 Å². The van der Waals surface area contributed by atoms with Crippen LogP contribution in [0.4, 0.5) is 0 Å². The summed E-state index contributed by atoms with van der Waals surface area (Å²) in [5.74, 6) is -0.164. The van der Waals surface area contributed by atoms with Crippen LogP contribution in [0.25, 0.3) is 0 Å². The molecule has 0 bridgehead atoms. The van der Waals surface area contributed by atoms with E-state index in [1.165, 1.54) is 0 Å². The van der Waals surface area contributed by atoms with Crippen molar-refractivity contribution < 1.29 is 4.79 Å². The van der Waals surface area contributed by atoms with E-state index >= 15 is 0 Å². The first-order chi connectivity index (χ1) is 7.00. The third-order valence-electron chi connectivity index (χ3n) is 2.12. The van der Waals surface area contributed by atoms with Gasteiger partial charge in [-0.05, 0) is 31.5 Å². The van der Waals surface area contributed by atoms with Crippen LogP contribution < -0.4 is 11.1 Å². The number of rotatable bonds is 3. The Morgan fingerprint density at radius 2 is 2.13 bits per heavy atom. The molecule has 3 nitrogen and oxygen atoms in total. The quantitative estimate of drug-likeness (QED) is 0.827. The molecule has 0 aromatic heterocycles. The summed E-state index contributed by atoms with van der Waals surface area (Å²) in [6.07, 6.45) is 0. The van der Waals surface area contributed by atoms with Gasteiger partial charge in [-0.2, -0.15) is 0 Å². The lowest BCUT2D eigenvalue weighted by Crippen LogP contribution is -2.39. The van der Waals surface area contributed by atoms with Crippen molar-refractivity contribution in [3.05, 3.63) is 34.9 Å². The molecule has 82 valence electrons. The van der Waals surface area contributed by atoms with Crippen molar-refractivity contribution in [2.24, 2.45) is 5.73 Å². The monoisotopic (exact) mass is 226 g/mol. The molecule has 0 aliphatic carbocycles. The Hall–Kier alpha value is -1.06. The highest BCUT2D eigenvalue weighted by molar-refractivity contribution is 6.30. The van der Waals surface area contributed by atoms with E-state index in [4.69, 9.17) is 17.3 Å². The zero-order valence-corrected chi connectivity index (χ0v) is 9.58. The van der Waals surface area contributed by atoms with Gasteiger partial charge >= 0.3 is 0 Å². The number of nitrogens with one attached hydrogen (secondary N) is 1. The smallest absolute Gasteiger partial charge is 0.237 e. The van der Waals surface area contributed by atoms with E-state index in [0.29, 0.717) is 5.02 Å². The fourth-order valence-electron chi connectivity index (χ4n) is 1.20. The number of amides is 1. The van der Waals surface area contributed by atoms with Gasteiger partial charge in [0.1, 0.15) is 0 Å². The van der Waals surface area contributed by atoms with E-state index < -0.39 is 6.04 Å². The van der Waals surface area contributed by atoms with Crippen molar-refractivity contribution in [3.8, 4) is 0 Å². The minimum absolute atomic E-state index is 0.0813. The zero-order valence-electron chi connectivity index (χ0n) is 8.83. The fourth-order valence-corrected chi connectivity index (χ4v) is 1.40. The van der Waals surface area contributed by atoms with Crippen molar-refractivity contribution >= 4 is 17.5 Å². The lowest BCUT2D eigenvalue weighted by atomic mass is 10.1. The second-order valence-electron chi connectivity index (χ2n) is 3.57. The van der Waals surface area contributed by atoms with E-state index in [1.54, 1.807) is 13.0 Å². The largest absolute Gasteiger partial charge is 0.348 e. The highest BCUT2D eigenvalue weighted by Gasteiger charge is 2.12. The van der Waals surface area contributed by atoms with Gasteiger partial charge in [-0.25, -0.2) is 0 Å². The Morgan fingerprint density at radius 1 is 1.47 bits per heavy atom. The summed E-state index contributed by atoms with van der Waals surface area (Å²) in [5.41, 5.74) is 6.42. The average molecular weight is 227 g/mol. The zero-order chi connectivity index (χ0) is 11.4. The Bertz CT molecular complexity index is 352. The number of nitrogens with two attached hydrogens (primary N) is 1. The Kier molecular flexibility index (Phi) is 4.12. The van der Waals surface area contributed by atoms with E-state index in [2.05, 4.69) is 5.32 Å². The normalized spacial score (nSPS) is 14.4. The summed E-state index contributed by atoms with van der Waals surface area (Å²) in [5, 5.41) is 3.46. The molecule has 3 N–H and O–H groups in total. The molecule has 0 fully saturated rings. The molecule has 0 saturated heterocycles. The average Bonchev–Trinajstić information content (AvgIpc) is 2.17. The number of hydrogen-bond donors (Lipinski definition) is 2.